The molecule has 0 radical (unpaired) electrons. The Hall–Kier alpha value is -1.41. The van der Waals surface area contributed by atoms with E-state index in [-0.39, 0.29) is 10.9 Å². The topological polar surface area (TPSA) is 67.2 Å². The van der Waals surface area contributed by atoms with E-state index in [4.69, 9.17) is 11.6 Å². The highest BCUT2D eigenvalue weighted by molar-refractivity contribution is 7.89. The van der Waals surface area contributed by atoms with E-state index in [1.807, 2.05) is 18.2 Å². The maximum absolute atomic E-state index is 12.9. The van der Waals surface area contributed by atoms with Crippen LogP contribution in [0.1, 0.15) is 11.6 Å². The van der Waals surface area contributed by atoms with Gasteiger partial charge in [-0.1, -0.05) is 23.7 Å². The van der Waals surface area contributed by atoms with Gasteiger partial charge in [0.05, 0.1) is 12.2 Å². The van der Waals surface area contributed by atoms with Gasteiger partial charge in [0.15, 0.2) is 0 Å². The molecule has 1 unspecified atom stereocenters. The second kappa shape index (κ2) is 6.00. The third-order valence-electron chi connectivity index (χ3n) is 3.72. The van der Waals surface area contributed by atoms with Crippen molar-refractivity contribution in [2.45, 2.75) is 10.9 Å². The van der Waals surface area contributed by atoms with Crippen molar-refractivity contribution in [3.8, 4) is 0 Å². The highest BCUT2D eigenvalue weighted by Gasteiger charge is 2.35. The predicted octanol–water partition coefficient (Wildman–Crippen LogP) is 1.41. The number of aryl methyl sites for hydroxylation is 1. The SMILES string of the molecule is Cn1cc(S(=O)(=O)N2CCNCC2c2cccc(Cl)c2)cn1. The van der Waals surface area contributed by atoms with Crippen LogP contribution in [0.4, 0.5) is 0 Å². The van der Waals surface area contributed by atoms with Gasteiger partial charge in [0.25, 0.3) is 0 Å². The molecule has 0 saturated carbocycles. The molecule has 1 fully saturated rings. The molecular weight excluding hydrogens is 324 g/mol. The third kappa shape index (κ3) is 2.89. The van der Waals surface area contributed by atoms with Gasteiger partial charge in [-0.2, -0.15) is 9.40 Å². The minimum atomic E-state index is -3.58. The summed E-state index contributed by atoms with van der Waals surface area (Å²) >= 11 is 6.04. The number of benzene rings is 1. The monoisotopic (exact) mass is 340 g/mol. The number of halogens is 1. The first kappa shape index (κ1) is 15.5. The molecule has 0 bridgehead atoms. The average Bonchev–Trinajstić information content (AvgIpc) is 2.95. The lowest BCUT2D eigenvalue weighted by atomic mass is 10.1. The maximum Gasteiger partial charge on any atom is 0.246 e. The highest BCUT2D eigenvalue weighted by atomic mass is 35.5. The quantitative estimate of drug-likeness (QED) is 0.917. The number of rotatable bonds is 3. The van der Waals surface area contributed by atoms with E-state index in [1.165, 1.54) is 21.4 Å². The molecular formula is C14H17ClN4O2S. The summed E-state index contributed by atoms with van der Waals surface area (Å²) < 4.78 is 28.8. The lowest BCUT2D eigenvalue weighted by Crippen LogP contribution is -2.48. The van der Waals surface area contributed by atoms with E-state index in [2.05, 4.69) is 10.4 Å². The van der Waals surface area contributed by atoms with Gasteiger partial charge in [-0.05, 0) is 17.7 Å². The van der Waals surface area contributed by atoms with Gasteiger partial charge >= 0.3 is 0 Å². The van der Waals surface area contributed by atoms with Crippen molar-refractivity contribution < 1.29 is 8.42 Å². The Morgan fingerprint density at radius 3 is 2.91 bits per heavy atom. The summed E-state index contributed by atoms with van der Waals surface area (Å²) in [7, 11) is -1.88. The fourth-order valence-corrected chi connectivity index (χ4v) is 4.44. The second-order valence-corrected chi connectivity index (χ2v) is 7.57. The zero-order valence-electron chi connectivity index (χ0n) is 12.1. The molecule has 3 rings (SSSR count). The minimum absolute atomic E-state index is 0.212. The second-order valence-electron chi connectivity index (χ2n) is 5.24. The minimum Gasteiger partial charge on any atom is -0.313 e. The van der Waals surface area contributed by atoms with Crippen LogP contribution in [-0.2, 0) is 17.1 Å². The van der Waals surface area contributed by atoms with Crippen LogP contribution in [0.3, 0.4) is 0 Å². The van der Waals surface area contributed by atoms with Gasteiger partial charge < -0.3 is 5.32 Å². The molecule has 8 heteroatoms. The first-order chi connectivity index (χ1) is 10.5. The van der Waals surface area contributed by atoms with E-state index in [0.29, 0.717) is 24.7 Å². The molecule has 1 saturated heterocycles. The fourth-order valence-electron chi connectivity index (χ4n) is 2.64. The van der Waals surface area contributed by atoms with Crippen LogP contribution in [0.25, 0.3) is 0 Å². The Morgan fingerprint density at radius 1 is 1.41 bits per heavy atom. The molecule has 1 aliphatic rings. The number of sulfonamides is 1. The van der Waals surface area contributed by atoms with E-state index < -0.39 is 10.0 Å². The lowest BCUT2D eigenvalue weighted by molar-refractivity contribution is 0.271. The predicted molar refractivity (Wildman–Crippen MR) is 84.2 cm³/mol. The molecule has 6 nitrogen and oxygen atoms in total. The molecule has 1 atom stereocenters. The Kier molecular flexibility index (Phi) is 4.22. The molecule has 1 aliphatic heterocycles. The number of nitrogens with zero attached hydrogens (tertiary/aromatic N) is 3. The molecule has 22 heavy (non-hydrogen) atoms. The van der Waals surface area contributed by atoms with Crippen molar-refractivity contribution in [2.75, 3.05) is 19.6 Å². The summed E-state index contributed by atoms with van der Waals surface area (Å²) in [5.41, 5.74) is 0.882. The van der Waals surface area contributed by atoms with Gasteiger partial charge in [0, 0.05) is 37.9 Å². The van der Waals surface area contributed by atoms with Crippen molar-refractivity contribution in [1.82, 2.24) is 19.4 Å². The van der Waals surface area contributed by atoms with Crippen LogP contribution in [0.15, 0.2) is 41.6 Å². The molecule has 2 aromatic rings. The smallest absolute Gasteiger partial charge is 0.246 e. The number of hydrogen-bond acceptors (Lipinski definition) is 4. The lowest BCUT2D eigenvalue weighted by Gasteiger charge is -2.35. The maximum atomic E-state index is 12.9. The molecule has 0 spiro atoms. The molecule has 1 N–H and O–H groups in total. The molecule has 1 aromatic heterocycles. The van der Waals surface area contributed by atoms with Crippen molar-refractivity contribution >= 4 is 21.6 Å². The van der Waals surface area contributed by atoms with E-state index in [1.54, 1.807) is 13.1 Å². The largest absolute Gasteiger partial charge is 0.313 e. The zero-order chi connectivity index (χ0) is 15.7. The molecule has 118 valence electrons. The number of hydrogen-bond donors (Lipinski definition) is 1. The number of aromatic nitrogens is 2. The van der Waals surface area contributed by atoms with Crippen LogP contribution < -0.4 is 5.32 Å². The van der Waals surface area contributed by atoms with E-state index >= 15 is 0 Å². The Morgan fingerprint density at radius 2 is 2.23 bits per heavy atom. The normalized spacial score (nSPS) is 20.2. The Bertz CT molecular complexity index is 775. The summed E-state index contributed by atoms with van der Waals surface area (Å²) in [5, 5.41) is 7.80. The van der Waals surface area contributed by atoms with Crippen molar-refractivity contribution in [3.63, 3.8) is 0 Å². The highest BCUT2D eigenvalue weighted by Crippen LogP contribution is 2.29. The summed E-state index contributed by atoms with van der Waals surface area (Å²) in [6.07, 6.45) is 2.90. The van der Waals surface area contributed by atoms with Crippen LogP contribution >= 0.6 is 11.6 Å². The molecule has 0 amide bonds. The third-order valence-corrected chi connectivity index (χ3v) is 5.81. The standard InChI is InChI=1S/C14H17ClN4O2S/c1-18-10-13(8-17-18)22(20,21)19-6-5-16-9-14(19)11-3-2-4-12(15)7-11/h2-4,7-8,10,14,16H,5-6,9H2,1H3. The summed E-state index contributed by atoms with van der Waals surface area (Å²) in [6, 6.07) is 7.04. The average molecular weight is 341 g/mol. The first-order valence-corrected chi connectivity index (χ1v) is 8.77. The van der Waals surface area contributed by atoms with Gasteiger partial charge in [-0.25, -0.2) is 8.42 Å². The van der Waals surface area contributed by atoms with Gasteiger partial charge in [0.2, 0.25) is 10.0 Å². The fraction of sp³-hybridized carbons (Fsp3) is 0.357. The number of nitrogens with one attached hydrogen (secondary N) is 1. The van der Waals surface area contributed by atoms with Crippen LogP contribution in [-0.4, -0.2) is 42.1 Å². The molecule has 0 aliphatic carbocycles. The van der Waals surface area contributed by atoms with Gasteiger partial charge in [-0.15, -0.1) is 0 Å². The van der Waals surface area contributed by atoms with Gasteiger partial charge in [-0.3, -0.25) is 4.68 Å². The Balaban J connectivity index is 1.99. The molecule has 2 heterocycles. The van der Waals surface area contributed by atoms with Crippen LogP contribution in [0, 0.1) is 0 Å². The summed E-state index contributed by atoms with van der Waals surface area (Å²) in [5.74, 6) is 0. The van der Waals surface area contributed by atoms with E-state index in [0.717, 1.165) is 5.56 Å². The van der Waals surface area contributed by atoms with Crippen LogP contribution in [0.5, 0.6) is 0 Å². The number of piperazine rings is 1. The zero-order valence-corrected chi connectivity index (χ0v) is 13.7. The first-order valence-electron chi connectivity index (χ1n) is 6.95. The van der Waals surface area contributed by atoms with Crippen molar-refractivity contribution in [1.29, 1.82) is 0 Å². The Labute approximate surface area is 134 Å². The van der Waals surface area contributed by atoms with Gasteiger partial charge in [0.1, 0.15) is 4.90 Å². The van der Waals surface area contributed by atoms with Crippen molar-refractivity contribution in [2.24, 2.45) is 7.05 Å². The molecule has 1 aromatic carbocycles. The van der Waals surface area contributed by atoms with E-state index in [9.17, 15) is 8.42 Å². The summed E-state index contributed by atoms with van der Waals surface area (Å²) in [4.78, 5) is 0.212. The van der Waals surface area contributed by atoms with Crippen LogP contribution in [0.2, 0.25) is 5.02 Å². The van der Waals surface area contributed by atoms with Crippen molar-refractivity contribution in [3.05, 3.63) is 47.2 Å². The summed E-state index contributed by atoms with van der Waals surface area (Å²) in [6.45, 7) is 1.59.